The maximum absolute atomic E-state index is 15.0. The first-order valence-corrected chi connectivity index (χ1v) is 15.9. The van der Waals surface area contributed by atoms with Crippen LogP contribution in [0.4, 0.5) is 4.39 Å². The van der Waals surface area contributed by atoms with Crippen molar-refractivity contribution in [3.8, 4) is 11.1 Å². The number of hydrogen-bond acceptors (Lipinski definition) is 5. The zero-order chi connectivity index (χ0) is 30.2. The van der Waals surface area contributed by atoms with E-state index in [1.807, 2.05) is 36.4 Å². The molecule has 2 aliphatic heterocycles. The number of nitrogens with one attached hydrogen (secondary N) is 2. The number of rotatable bonds is 11. The van der Waals surface area contributed by atoms with Crippen LogP contribution in [0.5, 0.6) is 0 Å². The van der Waals surface area contributed by atoms with E-state index >= 15 is 0 Å². The van der Waals surface area contributed by atoms with Gasteiger partial charge in [0, 0.05) is 56.4 Å². The molecular formula is C36H48FN5O. The molecule has 2 fully saturated rings. The van der Waals surface area contributed by atoms with Crippen LogP contribution in [-0.2, 0) is 19.6 Å². The number of carbonyl (C=O) groups excluding carboxylic acids is 1. The topological polar surface area (TPSA) is 50.9 Å². The molecule has 0 aliphatic carbocycles. The number of carbonyl (C=O) groups is 1. The average molecular weight is 586 g/mol. The van der Waals surface area contributed by atoms with Crippen LogP contribution in [0.3, 0.4) is 0 Å². The fourth-order valence-electron chi connectivity index (χ4n) is 6.38. The Morgan fingerprint density at radius 1 is 0.930 bits per heavy atom. The minimum atomic E-state index is -0.252. The molecule has 3 aromatic rings. The number of likely N-dealkylation sites (tertiary alicyclic amines) is 1. The smallest absolute Gasteiger partial charge is 0.251 e. The van der Waals surface area contributed by atoms with Gasteiger partial charge in [-0.25, -0.2) is 4.39 Å². The largest absolute Gasteiger partial charge is 0.348 e. The van der Waals surface area contributed by atoms with E-state index in [2.05, 4.69) is 64.6 Å². The molecule has 0 bridgehead atoms. The van der Waals surface area contributed by atoms with Crippen LogP contribution in [0, 0.1) is 11.7 Å². The minimum Gasteiger partial charge on any atom is -0.348 e. The zero-order valence-corrected chi connectivity index (χ0v) is 26.1. The Morgan fingerprint density at radius 2 is 1.67 bits per heavy atom. The van der Waals surface area contributed by atoms with Gasteiger partial charge in [0.2, 0.25) is 0 Å². The first-order chi connectivity index (χ1) is 20.8. The molecule has 0 aromatic heterocycles. The van der Waals surface area contributed by atoms with Gasteiger partial charge in [-0.1, -0.05) is 36.4 Å². The Hall–Kier alpha value is -3.10. The molecule has 43 heavy (non-hydrogen) atoms. The van der Waals surface area contributed by atoms with Gasteiger partial charge in [0.1, 0.15) is 5.82 Å². The third-order valence-corrected chi connectivity index (χ3v) is 8.87. The van der Waals surface area contributed by atoms with Gasteiger partial charge in [-0.05, 0) is 118 Å². The van der Waals surface area contributed by atoms with Crippen LogP contribution in [0.2, 0.25) is 0 Å². The number of hydrogen-bond donors (Lipinski definition) is 2. The Kier molecular flexibility index (Phi) is 11.0. The van der Waals surface area contributed by atoms with Gasteiger partial charge in [0.15, 0.2) is 0 Å². The maximum Gasteiger partial charge on any atom is 0.251 e. The molecule has 2 aliphatic rings. The van der Waals surface area contributed by atoms with Crippen molar-refractivity contribution in [2.24, 2.45) is 5.92 Å². The van der Waals surface area contributed by atoms with Gasteiger partial charge in [-0.15, -0.1) is 0 Å². The summed E-state index contributed by atoms with van der Waals surface area (Å²) < 4.78 is 15.0. The van der Waals surface area contributed by atoms with E-state index in [-0.39, 0.29) is 11.7 Å². The standard InChI is InChI=1S/C36H48FN5O/c1-27-24-42(19-15-38-27)26-30-6-4-8-32(20-30)34-22-29(10-11-35(34)37)23-39-36(43)33-9-5-7-31(21-33)25-41-17-13-28(14-18-41)12-16-40(2)3/h4-11,20-22,27-28,38H,12-19,23-26H2,1-3H3,(H,39,43)/t27-/m0/s1. The predicted octanol–water partition coefficient (Wildman–Crippen LogP) is 5.38. The average Bonchev–Trinajstić information content (AvgIpc) is 3.00. The molecule has 2 saturated heterocycles. The monoisotopic (exact) mass is 585 g/mol. The fraction of sp³-hybridized carbons (Fsp3) is 0.472. The van der Waals surface area contributed by atoms with Crippen molar-refractivity contribution in [3.05, 3.63) is 94.8 Å². The molecule has 7 heteroatoms. The molecule has 5 rings (SSSR count). The van der Waals surface area contributed by atoms with Crippen molar-refractivity contribution in [2.75, 3.05) is 53.4 Å². The Bertz CT molecular complexity index is 1350. The van der Waals surface area contributed by atoms with Crippen molar-refractivity contribution in [1.29, 1.82) is 0 Å². The van der Waals surface area contributed by atoms with Crippen molar-refractivity contribution in [1.82, 2.24) is 25.3 Å². The minimum absolute atomic E-state index is 0.109. The van der Waals surface area contributed by atoms with E-state index in [0.29, 0.717) is 23.7 Å². The molecule has 1 amide bonds. The highest BCUT2D eigenvalue weighted by atomic mass is 19.1. The molecule has 2 N–H and O–H groups in total. The highest BCUT2D eigenvalue weighted by Gasteiger charge is 2.20. The molecule has 230 valence electrons. The summed E-state index contributed by atoms with van der Waals surface area (Å²) in [5, 5.41) is 6.53. The summed E-state index contributed by atoms with van der Waals surface area (Å²) in [5.74, 6) is 0.452. The molecule has 0 unspecified atom stereocenters. The van der Waals surface area contributed by atoms with Crippen molar-refractivity contribution in [3.63, 3.8) is 0 Å². The van der Waals surface area contributed by atoms with Gasteiger partial charge in [-0.2, -0.15) is 0 Å². The third-order valence-electron chi connectivity index (χ3n) is 8.87. The number of nitrogens with zero attached hydrogens (tertiary/aromatic N) is 3. The SMILES string of the molecule is C[C@H]1CN(Cc2cccc(-c3cc(CNC(=O)c4cccc(CN5CCC(CCN(C)C)CC5)c4)ccc3F)c2)CCN1. The Morgan fingerprint density at radius 3 is 2.44 bits per heavy atom. The Balaban J connectivity index is 1.16. The van der Waals surface area contributed by atoms with Crippen LogP contribution in [0.1, 0.15) is 53.2 Å². The molecule has 1 atom stereocenters. The lowest BCUT2D eigenvalue weighted by atomic mass is 9.93. The normalized spacial score (nSPS) is 18.7. The number of amides is 1. The Labute approximate surface area is 257 Å². The third kappa shape index (κ3) is 9.19. The van der Waals surface area contributed by atoms with Crippen LogP contribution in [-0.4, -0.2) is 80.0 Å². The number of benzene rings is 3. The molecule has 6 nitrogen and oxygen atoms in total. The van der Waals surface area contributed by atoms with Gasteiger partial charge in [-0.3, -0.25) is 14.6 Å². The molecular weight excluding hydrogens is 537 g/mol. The van der Waals surface area contributed by atoms with Gasteiger partial charge in [0.25, 0.3) is 5.91 Å². The lowest BCUT2D eigenvalue weighted by molar-refractivity contribution is 0.0950. The quantitative estimate of drug-likeness (QED) is 0.317. The second kappa shape index (κ2) is 15.1. The van der Waals surface area contributed by atoms with E-state index in [4.69, 9.17) is 0 Å². The summed E-state index contributed by atoms with van der Waals surface area (Å²) in [6.45, 7) is 10.7. The van der Waals surface area contributed by atoms with Gasteiger partial charge in [0.05, 0.1) is 0 Å². The second-order valence-corrected chi connectivity index (χ2v) is 12.8. The van der Waals surface area contributed by atoms with E-state index in [1.165, 1.54) is 36.5 Å². The predicted molar refractivity (Wildman–Crippen MR) is 173 cm³/mol. The molecule has 0 radical (unpaired) electrons. The van der Waals surface area contributed by atoms with Crippen molar-refractivity contribution < 1.29 is 9.18 Å². The first-order valence-electron chi connectivity index (χ1n) is 15.9. The highest BCUT2D eigenvalue weighted by molar-refractivity contribution is 5.94. The zero-order valence-electron chi connectivity index (χ0n) is 26.1. The van der Waals surface area contributed by atoms with Crippen LogP contribution >= 0.6 is 0 Å². The maximum atomic E-state index is 15.0. The van der Waals surface area contributed by atoms with Crippen LogP contribution < -0.4 is 10.6 Å². The highest BCUT2D eigenvalue weighted by Crippen LogP contribution is 2.26. The number of halogens is 1. The van der Waals surface area contributed by atoms with E-state index in [1.54, 1.807) is 6.07 Å². The summed E-state index contributed by atoms with van der Waals surface area (Å²) in [6.07, 6.45) is 3.76. The lowest BCUT2D eigenvalue weighted by Crippen LogP contribution is -2.48. The van der Waals surface area contributed by atoms with Crippen LogP contribution in [0.15, 0.2) is 66.7 Å². The molecule has 0 saturated carbocycles. The van der Waals surface area contributed by atoms with E-state index < -0.39 is 0 Å². The van der Waals surface area contributed by atoms with Gasteiger partial charge < -0.3 is 15.5 Å². The van der Waals surface area contributed by atoms with Crippen molar-refractivity contribution in [2.45, 2.75) is 51.9 Å². The van der Waals surface area contributed by atoms with Crippen LogP contribution in [0.25, 0.3) is 11.1 Å². The summed E-state index contributed by atoms with van der Waals surface area (Å²) in [5.41, 5.74) is 5.31. The summed E-state index contributed by atoms with van der Waals surface area (Å²) >= 11 is 0. The summed E-state index contributed by atoms with van der Waals surface area (Å²) in [7, 11) is 4.29. The fourth-order valence-corrected chi connectivity index (χ4v) is 6.38. The van der Waals surface area contributed by atoms with Crippen molar-refractivity contribution >= 4 is 5.91 Å². The molecule has 3 aromatic carbocycles. The van der Waals surface area contributed by atoms with E-state index in [0.717, 1.165) is 69.4 Å². The number of piperazine rings is 1. The van der Waals surface area contributed by atoms with Gasteiger partial charge >= 0.3 is 0 Å². The van der Waals surface area contributed by atoms with E-state index in [9.17, 15) is 9.18 Å². The summed E-state index contributed by atoms with van der Waals surface area (Å²) in [6, 6.07) is 21.7. The molecule has 2 heterocycles. The number of piperidine rings is 1. The summed E-state index contributed by atoms with van der Waals surface area (Å²) in [4.78, 5) is 20.3. The second-order valence-electron chi connectivity index (χ2n) is 12.8. The lowest BCUT2D eigenvalue weighted by Gasteiger charge is -2.32. The molecule has 0 spiro atoms. The first kappa shape index (κ1) is 31.3.